The highest BCUT2D eigenvalue weighted by Gasteiger charge is 2.22. The van der Waals surface area contributed by atoms with E-state index in [1.54, 1.807) is 26.2 Å². The highest BCUT2D eigenvalue weighted by molar-refractivity contribution is 6.02. The van der Waals surface area contributed by atoms with Gasteiger partial charge in [-0.1, -0.05) is 30.3 Å². The van der Waals surface area contributed by atoms with Crippen molar-refractivity contribution in [1.29, 1.82) is 0 Å². The van der Waals surface area contributed by atoms with Crippen molar-refractivity contribution >= 4 is 17.3 Å². The van der Waals surface area contributed by atoms with E-state index in [9.17, 15) is 14.4 Å². The third-order valence-electron chi connectivity index (χ3n) is 5.12. The number of aryl methyl sites for hydroxylation is 1. The zero-order valence-corrected chi connectivity index (χ0v) is 17.8. The first-order chi connectivity index (χ1) is 14.9. The summed E-state index contributed by atoms with van der Waals surface area (Å²) in [5.41, 5.74) is 7.25. The second-order valence-electron chi connectivity index (χ2n) is 7.12. The maximum absolute atomic E-state index is 13.0. The first-order valence-corrected chi connectivity index (χ1v) is 9.96. The molecule has 0 aliphatic carbocycles. The predicted octanol–water partition coefficient (Wildman–Crippen LogP) is 2.27. The van der Waals surface area contributed by atoms with Crippen molar-refractivity contribution in [3.8, 4) is 5.75 Å². The SMILES string of the molecule is CCn1c(=O)c(C(=O)CNc2ccc(OC)cc2C)c(N)n(Cc2ccccc2)c1=O. The lowest BCUT2D eigenvalue weighted by atomic mass is 10.1. The van der Waals surface area contributed by atoms with Crippen molar-refractivity contribution in [2.75, 3.05) is 24.7 Å². The Bertz CT molecular complexity index is 1210. The zero-order chi connectivity index (χ0) is 22.5. The Morgan fingerprint density at radius 1 is 1.10 bits per heavy atom. The molecule has 3 rings (SSSR count). The fraction of sp³-hybridized carbons (Fsp3) is 0.261. The summed E-state index contributed by atoms with van der Waals surface area (Å²) in [5.74, 6) is 0.0981. The number of nitrogens with one attached hydrogen (secondary N) is 1. The number of nitrogens with two attached hydrogens (primary N) is 1. The lowest BCUT2D eigenvalue weighted by Gasteiger charge is -2.16. The molecule has 1 aromatic heterocycles. The third-order valence-corrected chi connectivity index (χ3v) is 5.12. The Morgan fingerprint density at radius 3 is 2.42 bits per heavy atom. The second kappa shape index (κ2) is 9.34. The molecule has 0 bridgehead atoms. The number of nitrogens with zero attached hydrogens (tertiary/aromatic N) is 2. The van der Waals surface area contributed by atoms with E-state index in [0.29, 0.717) is 5.75 Å². The molecule has 3 aromatic rings. The van der Waals surface area contributed by atoms with Crippen LogP contribution >= 0.6 is 0 Å². The minimum absolute atomic E-state index is 0.123. The molecule has 8 heteroatoms. The van der Waals surface area contributed by atoms with Crippen molar-refractivity contribution in [1.82, 2.24) is 9.13 Å². The lowest BCUT2D eigenvalue weighted by Crippen LogP contribution is -2.44. The van der Waals surface area contributed by atoms with E-state index in [0.717, 1.165) is 21.4 Å². The number of anilines is 2. The Kier molecular flexibility index (Phi) is 6.59. The molecular weight excluding hydrogens is 396 g/mol. The van der Waals surface area contributed by atoms with Gasteiger partial charge in [-0.25, -0.2) is 4.79 Å². The van der Waals surface area contributed by atoms with Gasteiger partial charge in [0.05, 0.1) is 20.2 Å². The van der Waals surface area contributed by atoms with Crippen LogP contribution in [0.15, 0.2) is 58.1 Å². The largest absolute Gasteiger partial charge is 0.497 e. The Balaban J connectivity index is 1.96. The first kappa shape index (κ1) is 21.9. The predicted molar refractivity (Wildman–Crippen MR) is 121 cm³/mol. The molecule has 0 aliphatic rings. The summed E-state index contributed by atoms with van der Waals surface area (Å²) < 4.78 is 7.49. The highest BCUT2D eigenvalue weighted by Crippen LogP contribution is 2.21. The topological polar surface area (TPSA) is 108 Å². The van der Waals surface area contributed by atoms with Gasteiger partial charge in [0.2, 0.25) is 0 Å². The van der Waals surface area contributed by atoms with Crippen molar-refractivity contribution < 1.29 is 9.53 Å². The Labute approximate surface area is 179 Å². The molecule has 8 nitrogen and oxygen atoms in total. The first-order valence-electron chi connectivity index (χ1n) is 9.96. The number of carbonyl (C=O) groups excluding carboxylic acids is 1. The minimum Gasteiger partial charge on any atom is -0.497 e. The number of methoxy groups -OCH3 is 1. The fourth-order valence-electron chi connectivity index (χ4n) is 3.40. The monoisotopic (exact) mass is 422 g/mol. The maximum Gasteiger partial charge on any atom is 0.332 e. The van der Waals surface area contributed by atoms with Gasteiger partial charge in [-0.05, 0) is 43.2 Å². The van der Waals surface area contributed by atoms with Gasteiger partial charge in [-0.15, -0.1) is 0 Å². The summed E-state index contributed by atoms with van der Waals surface area (Å²) in [6, 6.07) is 14.7. The van der Waals surface area contributed by atoms with E-state index in [1.165, 1.54) is 4.57 Å². The van der Waals surface area contributed by atoms with E-state index in [4.69, 9.17) is 10.5 Å². The van der Waals surface area contributed by atoms with E-state index >= 15 is 0 Å². The van der Waals surface area contributed by atoms with Crippen LogP contribution in [-0.2, 0) is 13.1 Å². The lowest BCUT2D eigenvalue weighted by molar-refractivity contribution is 0.100. The Morgan fingerprint density at radius 2 is 1.81 bits per heavy atom. The van der Waals surface area contributed by atoms with Crippen LogP contribution < -0.4 is 27.0 Å². The molecule has 162 valence electrons. The fourth-order valence-corrected chi connectivity index (χ4v) is 3.40. The van der Waals surface area contributed by atoms with Gasteiger partial charge in [0, 0.05) is 12.2 Å². The molecule has 0 saturated heterocycles. The van der Waals surface area contributed by atoms with Crippen LogP contribution in [0.2, 0.25) is 0 Å². The van der Waals surface area contributed by atoms with Gasteiger partial charge >= 0.3 is 5.69 Å². The molecule has 0 fully saturated rings. The number of nitrogen functional groups attached to an aromatic ring is 1. The third kappa shape index (κ3) is 4.53. The number of hydrogen-bond acceptors (Lipinski definition) is 6. The molecule has 0 unspecified atom stereocenters. The summed E-state index contributed by atoms with van der Waals surface area (Å²) in [6.07, 6.45) is 0. The van der Waals surface area contributed by atoms with Crippen molar-refractivity contribution in [2.24, 2.45) is 0 Å². The molecular formula is C23H26N4O4. The van der Waals surface area contributed by atoms with E-state index < -0.39 is 17.0 Å². The summed E-state index contributed by atoms with van der Waals surface area (Å²) in [4.78, 5) is 38.6. The Hall–Kier alpha value is -3.81. The number of aromatic nitrogens is 2. The van der Waals surface area contributed by atoms with Crippen molar-refractivity contribution in [3.63, 3.8) is 0 Å². The molecule has 2 aromatic carbocycles. The minimum atomic E-state index is -0.674. The zero-order valence-electron chi connectivity index (χ0n) is 17.8. The molecule has 3 N–H and O–H groups in total. The molecule has 0 atom stereocenters. The number of hydrogen-bond donors (Lipinski definition) is 2. The average Bonchev–Trinajstić information content (AvgIpc) is 2.77. The average molecular weight is 422 g/mol. The van der Waals surface area contributed by atoms with Crippen LogP contribution in [0.3, 0.4) is 0 Å². The van der Waals surface area contributed by atoms with Gasteiger partial charge in [0.25, 0.3) is 5.56 Å². The number of rotatable bonds is 8. The van der Waals surface area contributed by atoms with Crippen LogP contribution in [0.4, 0.5) is 11.5 Å². The summed E-state index contributed by atoms with van der Waals surface area (Å²) in [7, 11) is 1.58. The smallest absolute Gasteiger partial charge is 0.332 e. The van der Waals surface area contributed by atoms with Gasteiger partial charge < -0.3 is 15.8 Å². The molecule has 1 heterocycles. The van der Waals surface area contributed by atoms with Crippen LogP contribution in [0.5, 0.6) is 5.75 Å². The van der Waals surface area contributed by atoms with Crippen LogP contribution in [-0.4, -0.2) is 28.6 Å². The molecule has 0 amide bonds. The quantitative estimate of drug-likeness (QED) is 0.539. The number of benzene rings is 2. The molecule has 0 spiro atoms. The summed E-state index contributed by atoms with van der Waals surface area (Å²) >= 11 is 0. The standard InChI is InChI=1S/C23H26N4O4/c1-4-26-22(29)20(19(28)13-25-18-11-10-17(31-3)12-15(18)2)21(24)27(23(26)30)14-16-8-6-5-7-9-16/h5-12,25H,4,13-14,24H2,1-3H3. The summed E-state index contributed by atoms with van der Waals surface area (Å²) in [5, 5.41) is 3.04. The van der Waals surface area contributed by atoms with Crippen molar-refractivity contribution in [2.45, 2.75) is 26.9 Å². The highest BCUT2D eigenvalue weighted by atomic mass is 16.5. The van der Waals surface area contributed by atoms with E-state index in [-0.39, 0.29) is 31.0 Å². The van der Waals surface area contributed by atoms with Crippen LogP contribution in [0.25, 0.3) is 0 Å². The van der Waals surface area contributed by atoms with Gasteiger partial charge in [0.1, 0.15) is 17.1 Å². The van der Waals surface area contributed by atoms with E-state index in [2.05, 4.69) is 5.32 Å². The van der Waals surface area contributed by atoms with Crippen LogP contribution in [0, 0.1) is 6.92 Å². The summed E-state index contributed by atoms with van der Waals surface area (Å²) in [6.45, 7) is 3.72. The normalized spacial score (nSPS) is 10.7. The number of ketones is 1. The van der Waals surface area contributed by atoms with Gasteiger partial charge in [0.15, 0.2) is 5.78 Å². The number of carbonyl (C=O) groups is 1. The van der Waals surface area contributed by atoms with Gasteiger partial charge in [-0.3, -0.25) is 18.7 Å². The maximum atomic E-state index is 13.0. The second-order valence-corrected chi connectivity index (χ2v) is 7.12. The van der Waals surface area contributed by atoms with Crippen molar-refractivity contribution in [3.05, 3.63) is 86.1 Å². The number of ether oxygens (including phenoxy) is 1. The molecule has 0 radical (unpaired) electrons. The molecule has 0 aliphatic heterocycles. The molecule has 31 heavy (non-hydrogen) atoms. The molecule has 0 saturated carbocycles. The van der Waals surface area contributed by atoms with E-state index in [1.807, 2.05) is 43.3 Å². The number of Topliss-reactive ketones (excluding diaryl/α,β-unsaturated/α-hetero) is 1. The van der Waals surface area contributed by atoms with Crippen LogP contribution in [0.1, 0.15) is 28.4 Å². The van der Waals surface area contributed by atoms with Gasteiger partial charge in [-0.2, -0.15) is 0 Å².